The van der Waals surface area contributed by atoms with E-state index in [1.165, 1.54) is 0 Å². The van der Waals surface area contributed by atoms with Crippen molar-refractivity contribution in [2.75, 3.05) is 18.4 Å². The van der Waals surface area contributed by atoms with Gasteiger partial charge in [-0.05, 0) is 42.5 Å². The number of benzene rings is 3. The fourth-order valence-electron chi connectivity index (χ4n) is 3.84. The summed E-state index contributed by atoms with van der Waals surface area (Å²) >= 11 is 0. The normalized spacial score (nSPS) is 16.7. The molecular formula is C21H19N3O2S. The number of rotatable bonds is 3. The minimum Gasteiger partial charge on any atom is -0.340 e. The Bertz CT molecular complexity index is 1170. The maximum Gasteiger partial charge on any atom is 0.243 e. The first-order valence-electron chi connectivity index (χ1n) is 9.11. The van der Waals surface area contributed by atoms with Crippen LogP contribution in [0.5, 0.6) is 0 Å². The molecule has 1 saturated heterocycles. The van der Waals surface area contributed by atoms with Crippen LogP contribution < -0.4 is 5.32 Å². The molecule has 0 amide bonds. The lowest BCUT2D eigenvalue weighted by Gasteiger charge is -2.16. The Morgan fingerprint density at radius 2 is 1.67 bits per heavy atom. The molecular weight excluding hydrogens is 358 g/mol. The van der Waals surface area contributed by atoms with E-state index in [1.807, 2.05) is 30.3 Å². The first-order chi connectivity index (χ1) is 13.1. The van der Waals surface area contributed by atoms with Crippen molar-refractivity contribution in [1.29, 1.82) is 0 Å². The highest BCUT2D eigenvalue weighted by atomic mass is 32.2. The number of nitrogens with zero attached hydrogens (tertiary/aromatic N) is 2. The molecule has 1 N–H and O–H groups in total. The average molecular weight is 377 g/mol. The lowest BCUT2D eigenvalue weighted by atomic mass is 10.0. The Labute approximate surface area is 158 Å². The van der Waals surface area contributed by atoms with Gasteiger partial charge in [-0.3, -0.25) is 0 Å². The van der Waals surface area contributed by atoms with Gasteiger partial charge >= 0.3 is 0 Å². The van der Waals surface area contributed by atoms with Crippen LogP contribution in [0.25, 0.3) is 10.8 Å². The highest BCUT2D eigenvalue weighted by Gasteiger charge is 2.27. The van der Waals surface area contributed by atoms with Gasteiger partial charge in [0.15, 0.2) is 0 Å². The summed E-state index contributed by atoms with van der Waals surface area (Å²) < 4.78 is 27.2. The molecule has 3 aromatic carbocycles. The predicted octanol–water partition coefficient (Wildman–Crippen LogP) is 4.13. The minimum absolute atomic E-state index is 0.323. The van der Waals surface area contributed by atoms with Gasteiger partial charge in [0.2, 0.25) is 10.0 Å². The van der Waals surface area contributed by atoms with Gasteiger partial charge in [-0.25, -0.2) is 13.4 Å². The molecule has 2 heterocycles. The van der Waals surface area contributed by atoms with Crippen molar-refractivity contribution in [1.82, 2.24) is 4.31 Å². The summed E-state index contributed by atoms with van der Waals surface area (Å²) in [5.74, 6) is 0.748. The van der Waals surface area contributed by atoms with E-state index in [2.05, 4.69) is 17.4 Å². The summed E-state index contributed by atoms with van der Waals surface area (Å²) in [5, 5.41) is 5.59. The van der Waals surface area contributed by atoms with Crippen molar-refractivity contribution in [3.05, 3.63) is 66.2 Å². The minimum atomic E-state index is -3.44. The van der Waals surface area contributed by atoms with Crippen LogP contribution in [0.4, 0.5) is 11.4 Å². The quantitative estimate of drug-likeness (QED) is 0.747. The molecule has 136 valence electrons. The average Bonchev–Trinajstić information content (AvgIpc) is 3.33. The summed E-state index contributed by atoms with van der Waals surface area (Å²) in [7, 11) is -3.44. The summed E-state index contributed by atoms with van der Waals surface area (Å²) in [4.78, 5) is 5.03. The van der Waals surface area contributed by atoms with Crippen molar-refractivity contribution in [2.45, 2.75) is 17.7 Å². The molecule has 0 saturated carbocycles. The van der Waals surface area contributed by atoms with Crippen molar-refractivity contribution in [2.24, 2.45) is 4.99 Å². The Kier molecular flexibility index (Phi) is 3.77. The zero-order valence-electron chi connectivity index (χ0n) is 14.7. The number of anilines is 1. The van der Waals surface area contributed by atoms with Crippen LogP contribution in [0.2, 0.25) is 0 Å². The number of amidine groups is 1. The largest absolute Gasteiger partial charge is 0.340 e. The third-order valence-electron chi connectivity index (χ3n) is 5.17. The summed E-state index contributed by atoms with van der Waals surface area (Å²) in [6.45, 7) is 1.20. The van der Waals surface area contributed by atoms with Gasteiger partial charge in [0.1, 0.15) is 5.84 Å². The first kappa shape index (κ1) is 16.5. The molecule has 0 bridgehead atoms. The van der Waals surface area contributed by atoms with Gasteiger partial charge in [0.05, 0.1) is 10.6 Å². The van der Waals surface area contributed by atoms with E-state index in [0.29, 0.717) is 18.0 Å². The van der Waals surface area contributed by atoms with E-state index in [4.69, 9.17) is 4.99 Å². The molecule has 27 heavy (non-hydrogen) atoms. The standard InChI is InChI=1S/C21H19N3O2S/c25-27(26,24-12-1-2-13-24)17-9-5-8-16(14-17)22-21-18-10-3-6-15-7-4-11-19(23-21)20(15)18/h3-11,14H,1-2,12-13H2,(H,22,23). The van der Waals surface area contributed by atoms with Crippen LogP contribution in [0.3, 0.4) is 0 Å². The van der Waals surface area contributed by atoms with E-state index in [1.54, 1.807) is 22.5 Å². The van der Waals surface area contributed by atoms with Crippen LogP contribution in [0.1, 0.15) is 18.4 Å². The van der Waals surface area contributed by atoms with Crippen molar-refractivity contribution in [3.8, 4) is 0 Å². The lowest BCUT2D eigenvalue weighted by molar-refractivity contribution is 0.477. The van der Waals surface area contributed by atoms with E-state index in [0.717, 1.165) is 46.4 Å². The summed E-state index contributed by atoms with van der Waals surface area (Å²) in [6, 6.07) is 19.2. The molecule has 0 atom stereocenters. The molecule has 0 aliphatic carbocycles. The Hall–Kier alpha value is -2.70. The van der Waals surface area contributed by atoms with Gasteiger partial charge in [0.25, 0.3) is 0 Å². The van der Waals surface area contributed by atoms with E-state index >= 15 is 0 Å². The highest BCUT2D eigenvalue weighted by Crippen LogP contribution is 2.35. The van der Waals surface area contributed by atoms with Gasteiger partial charge in [-0.1, -0.05) is 36.4 Å². The monoisotopic (exact) mass is 377 g/mol. The maximum atomic E-state index is 12.8. The topological polar surface area (TPSA) is 61.8 Å². The van der Waals surface area contributed by atoms with Crippen LogP contribution >= 0.6 is 0 Å². The fraction of sp³-hybridized carbons (Fsp3) is 0.190. The molecule has 0 radical (unpaired) electrons. The van der Waals surface area contributed by atoms with Crippen molar-refractivity contribution in [3.63, 3.8) is 0 Å². The molecule has 2 aliphatic rings. The van der Waals surface area contributed by atoms with Gasteiger partial charge in [-0.15, -0.1) is 0 Å². The van der Waals surface area contributed by atoms with Gasteiger partial charge in [-0.2, -0.15) is 4.31 Å². The molecule has 0 spiro atoms. The van der Waals surface area contributed by atoms with Crippen LogP contribution in [0.15, 0.2) is 70.6 Å². The Morgan fingerprint density at radius 3 is 2.48 bits per heavy atom. The third-order valence-corrected chi connectivity index (χ3v) is 7.06. The molecule has 5 nitrogen and oxygen atoms in total. The van der Waals surface area contributed by atoms with Crippen molar-refractivity contribution < 1.29 is 8.42 Å². The molecule has 3 aromatic rings. The number of nitrogens with one attached hydrogen (secondary N) is 1. The molecule has 1 fully saturated rings. The van der Waals surface area contributed by atoms with Crippen LogP contribution in [0, 0.1) is 0 Å². The van der Waals surface area contributed by atoms with Crippen molar-refractivity contribution >= 4 is 38.0 Å². The smallest absolute Gasteiger partial charge is 0.243 e. The van der Waals surface area contributed by atoms with Gasteiger partial charge < -0.3 is 5.32 Å². The summed E-state index contributed by atoms with van der Waals surface area (Å²) in [6.07, 6.45) is 1.85. The predicted molar refractivity (Wildman–Crippen MR) is 108 cm³/mol. The van der Waals surface area contributed by atoms with Gasteiger partial charge in [0, 0.05) is 29.7 Å². The van der Waals surface area contributed by atoms with E-state index in [9.17, 15) is 8.42 Å². The number of hydrogen-bond donors (Lipinski definition) is 1. The number of aliphatic imine (C=N–C) groups is 1. The Balaban J connectivity index is 1.49. The first-order valence-corrected chi connectivity index (χ1v) is 10.5. The maximum absolute atomic E-state index is 12.8. The zero-order chi connectivity index (χ0) is 18.4. The number of hydrogen-bond acceptors (Lipinski definition) is 4. The highest BCUT2D eigenvalue weighted by molar-refractivity contribution is 7.89. The third kappa shape index (κ3) is 2.72. The molecule has 2 aliphatic heterocycles. The van der Waals surface area contributed by atoms with Crippen LogP contribution in [-0.2, 0) is 10.0 Å². The van der Waals surface area contributed by atoms with E-state index in [-0.39, 0.29) is 0 Å². The second-order valence-corrected chi connectivity index (χ2v) is 8.84. The second-order valence-electron chi connectivity index (χ2n) is 6.91. The SMILES string of the molecule is O=S(=O)(c1cccc(NC2=Nc3cccc4cccc2c34)c1)N1CCCC1. The zero-order valence-corrected chi connectivity index (χ0v) is 15.5. The lowest BCUT2D eigenvalue weighted by Crippen LogP contribution is -2.27. The second kappa shape index (κ2) is 6.18. The summed E-state index contributed by atoms with van der Waals surface area (Å²) in [5.41, 5.74) is 2.70. The molecule has 0 aromatic heterocycles. The Morgan fingerprint density at radius 1 is 0.926 bits per heavy atom. The fourth-order valence-corrected chi connectivity index (χ4v) is 5.40. The molecule has 6 heteroatoms. The molecule has 5 rings (SSSR count). The molecule has 0 unspecified atom stereocenters. The van der Waals surface area contributed by atoms with Crippen LogP contribution in [-0.4, -0.2) is 31.6 Å². The van der Waals surface area contributed by atoms with E-state index < -0.39 is 10.0 Å². The number of sulfonamides is 1.